The van der Waals surface area contributed by atoms with E-state index in [1.807, 2.05) is 32.8 Å². The third kappa shape index (κ3) is 4.25. The summed E-state index contributed by atoms with van der Waals surface area (Å²) in [5.41, 5.74) is 0.851. The zero-order valence-corrected chi connectivity index (χ0v) is 14.2. The molecule has 1 fully saturated rings. The van der Waals surface area contributed by atoms with Gasteiger partial charge in [0.05, 0.1) is 10.7 Å². The van der Waals surface area contributed by atoms with E-state index in [0.717, 1.165) is 54.7 Å². The summed E-state index contributed by atoms with van der Waals surface area (Å²) in [5, 5.41) is 0.954. The number of amides is 1. The highest BCUT2D eigenvalue weighted by Gasteiger charge is 2.28. The van der Waals surface area contributed by atoms with E-state index in [1.54, 1.807) is 0 Å². The third-order valence-electron chi connectivity index (χ3n) is 3.78. The van der Waals surface area contributed by atoms with Crippen molar-refractivity contribution in [2.24, 2.45) is 0 Å². The highest BCUT2D eigenvalue weighted by molar-refractivity contribution is 7.13. The Labute approximate surface area is 130 Å². The first-order chi connectivity index (χ1) is 9.99. The van der Waals surface area contributed by atoms with Gasteiger partial charge in [-0.15, -0.1) is 11.3 Å². The van der Waals surface area contributed by atoms with E-state index in [-0.39, 0.29) is 11.9 Å². The lowest BCUT2D eigenvalue weighted by Gasteiger charge is -2.35. The Kier molecular flexibility index (Phi) is 5.72. The number of ether oxygens (including phenoxy) is 1. The molecule has 0 saturated carbocycles. The lowest BCUT2D eigenvalue weighted by molar-refractivity contribution is 0.0278. The molecule has 0 atom stereocenters. The van der Waals surface area contributed by atoms with Gasteiger partial charge in [0, 0.05) is 32.3 Å². The van der Waals surface area contributed by atoms with Crippen molar-refractivity contribution >= 4 is 17.2 Å². The molecule has 2 rings (SSSR count). The topological polar surface area (TPSA) is 45.7 Å². The molecule has 6 heteroatoms. The molecular formula is C15H25N3O2S. The van der Waals surface area contributed by atoms with Crippen LogP contribution < -0.4 is 0 Å². The molecule has 0 spiro atoms. The van der Waals surface area contributed by atoms with Gasteiger partial charge < -0.3 is 14.5 Å². The number of carbonyl (C=O) groups is 1. The molecule has 2 heterocycles. The molecule has 1 aromatic rings. The molecular weight excluding hydrogens is 286 g/mol. The molecule has 1 amide bonds. The molecule has 0 bridgehead atoms. The summed E-state index contributed by atoms with van der Waals surface area (Å²) >= 11 is 1.50. The van der Waals surface area contributed by atoms with Crippen molar-refractivity contribution < 1.29 is 9.53 Å². The molecule has 0 aliphatic carbocycles. The van der Waals surface area contributed by atoms with Crippen molar-refractivity contribution in [2.75, 3.05) is 40.4 Å². The predicted molar refractivity (Wildman–Crippen MR) is 85.0 cm³/mol. The highest BCUT2D eigenvalue weighted by atomic mass is 32.1. The first-order valence-corrected chi connectivity index (χ1v) is 8.28. The molecule has 1 aliphatic heterocycles. The van der Waals surface area contributed by atoms with Gasteiger partial charge in [-0.25, -0.2) is 4.98 Å². The standard InChI is InChI=1S/C15H25N3O2S/c1-11-14(21-12(2)16-11)15(19)18(8-7-17(3)4)13-5-9-20-10-6-13/h13H,5-10H2,1-4H3. The van der Waals surface area contributed by atoms with Gasteiger partial charge >= 0.3 is 0 Å². The Morgan fingerprint density at radius 3 is 2.48 bits per heavy atom. The summed E-state index contributed by atoms with van der Waals surface area (Å²) < 4.78 is 5.43. The number of aromatic nitrogens is 1. The number of aryl methyl sites for hydroxylation is 2. The van der Waals surface area contributed by atoms with Gasteiger partial charge in [0.2, 0.25) is 0 Å². The van der Waals surface area contributed by atoms with Gasteiger partial charge in [0.1, 0.15) is 4.88 Å². The van der Waals surface area contributed by atoms with Crippen LogP contribution in [0.5, 0.6) is 0 Å². The van der Waals surface area contributed by atoms with Crippen molar-refractivity contribution in [3.8, 4) is 0 Å². The Morgan fingerprint density at radius 2 is 1.95 bits per heavy atom. The van der Waals surface area contributed by atoms with Crippen LogP contribution in [0.1, 0.15) is 33.2 Å². The van der Waals surface area contributed by atoms with Crippen LogP contribution in [-0.2, 0) is 4.74 Å². The van der Waals surface area contributed by atoms with E-state index < -0.39 is 0 Å². The van der Waals surface area contributed by atoms with E-state index in [0.29, 0.717) is 0 Å². The number of hydrogen-bond acceptors (Lipinski definition) is 5. The first-order valence-electron chi connectivity index (χ1n) is 7.46. The van der Waals surface area contributed by atoms with Crippen LogP contribution in [0.4, 0.5) is 0 Å². The second-order valence-electron chi connectivity index (χ2n) is 5.79. The maximum atomic E-state index is 12.9. The SMILES string of the molecule is Cc1nc(C)c(C(=O)N(CCN(C)C)C2CCOCC2)s1. The van der Waals surface area contributed by atoms with E-state index in [1.165, 1.54) is 11.3 Å². The second-order valence-corrected chi connectivity index (χ2v) is 7.00. The minimum absolute atomic E-state index is 0.131. The number of carbonyl (C=O) groups excluding carboxylic acids is 1. The second kappa shape index (κ2) is 7.33. The molecule has 1 aromatic heterocycles. The molecule has 0 radical (unpaired) electrons. The van der Waals surface area contributed by atoms with E-state index in [9.17, 15) is 4.79 Å². The molecule has 5 nitrogen and oxygen atoms in total. The van der Waals surface area contributed by atoms with Gasteiger partial charge in [-0.05, 0) is 40.8 Å². The average molecular weight is 311 g/mol. The number of rotatable bonds is 5. The Morgan fingerprint density at radius 1 is 1.29 bits per heavy atom. The number of likely N-dealkylation sites (N-methyl/N-ethyl adjacent to an activating group) is 1. The quantitative estimate of drug-likeness (QED) is 0.834. The van der Waals surface area contributed by atoms with Crippen LogP contribution in [0.25, 0.3) is 0 Å². The minimum atomic E-state index is 0.131. The van der Waals surface area contributed by atoms with Crippen LogP contribution in [0, 0.1) is 13.8 Å². The molecule has 0 N–H and O–H groups in total. The number of hydrogen-bond donors (Lipinski definition) is 0. The predicted octanol–water partition coefficient (Wildman–Crippen LogP) is 1.94. The van der Waals surface area contributed by atoms with Gasteiger partial charge in [0.25, 0.3) is 5.91 Å². The normalized spacial score (nSPS) is 16.4. The average Bonchev–Trinajstić information content (AvgIpc) is 2.78. The summed E-state index contributed by atoms with van der Waals surface area (Å²) in [6.07, 6.45) is 1.85. The van der Waals surface area contributed by atoms with E-state index in [2.05, 4.69) is 9.88 Å². The van der Waals surface area contributed by atoms with Crippen LogP contribution in [0.2, 0.25) is 0 Å². The summed E-state index contributed by atoms with van der Waals surface area (Å²) in [5.74, 6) is 0.131. The first kappa shape index (κ1) is 16.4. The Balaban J connectivity index is 2.16. The third-order valence-corrected chi connectivity index (χ3v) is 4.84. The fourth-order valence-electron chi connectivity index (χ4n) is 2.61. The lowest BCUT2D eigenvalue weighted by atomic mass is 10.1. The van der Waals surface area contributed by atoms with Gasteiger partial charge in [-0.3, -0.25) is 4.79 Å². The summed E-state index contributed by atoms with van der Waals surface area (Å²) in [6, 6.07) is 0.285. The van der Waals surface area contributed by atoms with Gasteiger partial charge in [-0.2, -0.15) is 0 Å². The Hall–Kier alpha value is -0.980. The molecule has 1 aliphatic rings. The van der Waals surface area contributed by atoms with Crippen molar-refractivity contribution in [3.63, 3.8) is 0 Å². The van der Waals surface area contributed by atoms with Gasteiger partial charge in [0.15, 0.2) is 0 Å². The smallest absolute Gasteiger partial charge is 0.266 e. The van der Waals surface area contributed by atoms with Crippen LogP contribution in [0.3, 0.4) is 0 Å². The minimum Gasteiger partial charge on any atom is -0.381 e. The van der Waals surface area contributed by atoms with Crippen LogP contribution >= 0.6 is 11.3 Å². The molecule has 0 unspecified atom stereocenters. The van der Waals surface area contributed by atoms with Crippen LogP contribution in [0.15, 0.2) is 0 Å². The summed E-state index contributed by atoms with van der Waals surface area (Å²) in [4.78, 5) is 22.3. The van der Waals surface area contributed by atoms with Gasteiger partial charge in [-0.1, -0.05) is 0 Å². The summed E-state index contributed by atoms with van der Waals surface area (Å²) in [6.45, 7) is 7.00. The molecule has 21 heavy (non-hydrogen) atoms. The Bertz CT molecular complexity index is 481. The largest absolute Gasteiger partial charge is 0.381 e. The van der Waals surface area contributed by atoms with Crippen LogP contribution in [-0.4, -0.2) is 67.1 Å². The highest BCUT2D eigenvalue weighted by Crippen LogP contribution is 2.23. The fourth-order valence-corrected chi connectivity index (χ4v) is 3.49. The van der Waals surface area contributed by atoms with Crippen molar-refractivity contribution in [3.05, 3.63) is 15.6 Å². The molecule has 0 aromatic carbocycles. The lowest BCUT2D eigenvalue weighted by Crippen LogP contribution is -2.46. The van der Waals surface area contributed by atoms with Crippen molar-refractivity contribution in [2.45, 2.75) is 32.7 Å². The van der Waals surface area contributed by atoms with Crippen molar-refractivity contribution in [1.29, 1.82) is 0 Å². The molecule has 118 valence electrons. The number of thiazole rings is 1. The monoisotopic (exact) mass is 311 g/mol. The zero-order chi connectivity index (χ0) is 15.4. The number of nitrogens with zero attached hydrogens (tertiary/aromatic N) is 3. The zero-order valence-electron chi connectivity index (χ0n) is 13.4. The maximum Gasteiger partial charge on any atom is 0.266 e. The summed E-state index contributed by atoms with van der Waals surface area (Å²) in [7, 11) is 4.07. The molecule has 1 saturated heterocycles. The van der Waals surface area contributed by atoms with E-state index in [4.69, 9.17) is 4.74 Å². The fraction of sp³-hybridized carbons (Fsp3) is 0.733. The van der Waals surface area contributed by atoms with E-state index >= 15 is 0 Å². The maximum absolute atomic E-state index is 12.9. The van der Waals surface area contributed by atoms with Crippen molar-refractivity contribution in [1.82, 2.24) is 14.8 Å².